The summed E-state index contributed by atoms with van der Waals surface area (Å²) in [6.45, 7) is 9.54. The molecule has 34 heavy (non-hydrogen) atoms. The van der Waals surface area contributed by atoms with Gasteiger partial charge in [-0.3, -0.25) is 14.2 Å². The molecule has 1 saturated heterocycles. The van der Waals surface area contributed by atoms with E-state index >= 15 is 0 Å². The number of aryl methyl sites for hydroxylation is 1. The first-order valence-electron chi connectivity index (χ1n) is 11.9. The third-order valence-corrected chi connectivity index (χ3v) is 6.14. The molecule has 0 saturated carbocycles. The Bertz CT molecular complexity index is 1150. The first-order valence-corrected chi connectivity index (χ1v) is 11.9. The highest BCUT2D eigenvalue weighted by Gasteiger charge is 2.18. The molecule has 3 aromatic rings. The molecule has 0 radical (unpaired) electrons. The number of nitrogens with zero attached hydrogens (tertiary/aromatic N) is 5. The smallest absolute Gasteiger partial charge is 0.266 e. The molecule has 1 aliphatic rings. The van der Waals surface area contributed by atoms with Crippen molar-refractivity contribution in [2.24, 2.45) is 0 Å². The van der Waals surface area contributed by atoms with Gasteiger partial charge in [-0.2, -0.15) is 0 Å². The van der Waals surface area contributed by atoms with Crippen LogP contribution in [0.25, 0.3) is 22.4 Å². The predicted octanol–water partition coefficient (Wildman–Crippen LogP) is 2.11. The fraction of sp³-hybridized carbons (Fsp3) is 0.500. The number of rotatable bonds is 10. The lowest BCUT2D eigenvalue weighted by Crippen LogP contribution is -2.47. The number of piperazine rings is 1. The zero-order valence-electron chi connectivity index (χ0n) is 19.5. The largest absolute Gasteiger partial charge is 0.356 e. The van der Waals surface area contributed by atoms with E-state index in [2.05, 4.69) is 32.2 Å². The quantitative estimate of drug-likeness (QED) is 0.454. The van der Waals surface area contributed by atoms with Crippen molar-refractivity contribution in [2.45, 2.75) is 32.7 Å². The van der Waals surface area contributed by atoms with Crippen LogP contribution >= 0.6 is 0 Å². The summed E-state index contributed by atoms with van der Waals surface area (Å²) < 4.78 is 19.8. The number of carbonyl (C=O) groups excluding carboxylic acids is 1. The molecule has 10 heteroatoms. The van der Waals surface area contributed by atoms with Crippen molar-refractivity contribution in [2.75, 3.05) is 45.8 Å². The Hall–Kier alpha value is -3.11. The van der Waals surface area contributed by atoms with E-state index < -0.39 is 0 Å². The summed E-state index contributed by atoms with van der Waals surface area (Å²) in [4.78, 5) is 34.3. The minimum Gasteiger partial charge on any atom is -0.356 e. The Morgan fingerprint density at radius 2 is 1.79 bits per heavy atom. The SMILES string of the molecule is CCCN1CCN(CCCNC(=O)CCn2cnc3onc(-c4ccc(F)cc4)c3c2=O)CC1. The van der Waals surface area contributed by atoms with Crippen molar-refractivity contribution in [1.82, 2.24) is 29.8 Å². The normalized spacial score (nSPS) is 15.1. The highest BCUT2D eigenvalue weighted by Crippen LogP contribution is 2.24. The monoisotopic (exact) mass is 470 g/mol. The van der Waals surface area contributed by atoms with Gasteiger partial charge in [-0.05, 0) is 50.2 Å². The third kappa shape index (κ3) is 5.87. The lowest BCUT2D eigenvalue weighted by molar-refractivity contribution is -0.121. The van der Waals surface area contributed by atoms with Crippen LogP contribution in [0.1, 0.15) is 26.2 Å². The predicted molar refractivity (Wildman–Crippen MR) is 127 cm³/mol. The maximum atomic E-state index is 13.2. The minimum absolute atomic E-state index is 0.108. The number of benzene rings is 1. The summed E-state index contributed by atoms with van der Waals surface area (Å²) in [5, 5.41) is 7.09. The molecule has 1 N–H and O–H groups in total. The topological polar surface area (TPSA) is 96.5 Å². The Morgan fingerprint density at radius 3 is 2.50 bits per heavy atom. The van der Waals surface area contributed by atoms with E-state index in [1.165, 1.54) is 48.1 Å². The van der Waals surface area contributed by atoms with Gasteiger partial charge in [-0.15, -0.1) is 0 Å². The molecule has 1 fully saturated rings. The van der Waals surface area contributed by atoms with Crippen LogP contribution in [-0.4, -0.2) is 76.2 Å². The van der Waals surface area contributed by atoms with Gasteiger partial charge >= 0.3 is 0 Å². The van der Waals surface area contributed by atoms with Gasteiger partial charge in [-0.25, -0.2) is 9.37 Å². The van der Waals surface area contributed by atoms with Gasteiger partial charge in [0.25, 0.3) is 11.3 Å². The Balaban J connectivity index is 1.26. The standard InChI is InChI=1S/C24H31FN6O3/c1-2-10-29-13-15-30(16-14-29)11-3-9-26-20(32)8-12-31-17-27-23-21(24(31)33)22(28-34-23)18-4-6-19(25)7-5-18/h4-7,17H,2-3,8-16H2,1H3,(H,26,32). The van der Waals surface area contributed by atoms with Crippen LogP contribution in [0, 0.1) is 5.82 Å². The van der Waals surface area contributed by atoms with Crippen LogP contribution in [0.5, 0.6) is 0 Å². The molecular weight excluding hydrogens is 439 g/mol. The number of amides is 1. The first-order chi connectivity index (χ1) is 16.5. The van der Waals surface area contributed by atoms with Crippen LogP contribution in [0.15, 0.2) is 39.9 Å². The van der Waals surface area contributed by atoms with E-state index in [4.69, 9.17) is 4.52 Å². The molecule has 0 atom stereocenters. The lowest BCUT2D eigenvalue weighted by atomic mass is 10.1. The van der Waals surface area contributed by atoms with E-state index in [9.17, 15) is 14.0 Å². The first kappa shape index (κ1) is 24.0. The van der Waals surface area contributed by atoms with Gasteiger partial charge in [0.15, 0.2) is 0 Å². The number of hydrogen-bond acceptors (Lipinski definition) is 7. The molecule has 1 amide bonds. The number of halogens is 1. The van der Waals surface area contributed by atoms with Crippen LogP contribution in [0.4, 0.5) is 4.39 Å². The molecule has 0 spiro atoms. The second kappa shape index (κ2) is 11.3. The van der Waals surface area contributed by atoms with Crippen molar-refractivity contribution in [3.63, 3.8) is 0 Å². The number of fused-ring (bicyclic) bond motifs is 1. The third-order valence-electron chi connectivity index (χ3n) is 6.14. The molecule has 3 heterocycles. The minimum atomic E-state index is -0.382. The second-order valence-corrected chi connectivity index (χ2v) is 8.60. The molecule has 4 rings (SSSR count). The summed E-state index contributed by atoms with van der Waals surface area (Å²) in [5.41, 5.74) is 0.629. The van der Waals surface area contributed by atoms with Crippen molar-refractivity contribution >= 4 is 17.0 Å². The summed E-state index contributed by atoms with van der Waals surface area (Å²) in [6, 6.07) is 5.65. The molecule has 0 aliphatic carbocycles. The van der Waals surface area contributed by atoms with E-state index in [1.54, 1.807) is 0 Å². The van der Waals surface area contributed by atoms with E-state index in [0.29, 0.717) is 17.8 Å². The van der Waals surface area contributed by atoms with Gasteiger partial charge < -0.3 is 19.6 Å². The maximum absolute atomic E-state index is 13.2. The molecule has 0 bridgehead atoms. The Morgan fingerprint density at radius 1 is 1.09 bits per heavy atom. The number of nitrogens with one attached hydrogen (secondary N) is 1. The van der Waals surface area contributed by atoms with Crippen molar-refractivity contribution in [3.05, 3.63) is 46.8 Å². The van der Waals surface area contributed by atoms with Gasteiger partial charge in [0.05, 0.1) is 0 Å². The molecule has 182 valence electrons. The molecular formula is C24H31FN6O3. The van der Waals surface area contributed by atoms with Crippen molar-refractivity contribution in [3.8, 4) is 11.3 Å². The molecule has 0 unspecified atom stereocenters. The summed E-state index contributed by atoms with van der Waals surface area (Å²) in [7, 11) is 0. The van der Waals surface area contributed by atoms with Crippen LogP contribution in [-0.2, 0) is 11.3 Å². The van der Waals surface area contributed by atoms with Gasteiger partial charge in [-0.1, -0.05) is 12.1 Å². The van der Waals surface area contributed by atoms with Crippen LogP contribution in [0.3, 0.4) is 0 Å². The van der Waals surface area contributed by atoms with Gasteiger partial charge in [0.1, 0.15) is 23.2 Å². The number of aromatic nitrogens is 3. The fourth-order valence-corrected chi connectivity index (χ4v) is 4.24. The zero-order valence-corrected chi connectivity index (χ0v) is 19.5. The van der Waals surface area contributed by atoms with E-state index in [-0.39, 0.29) is 41.3 Å². The summed E-state index contributed by atoms with van der Waals surface area (Å²) >= 11 is 0. The lowest BCUT2D eigenvalue weighted by Gasteiger charge is -2.34. The van der Waals surface area contributed by atoms with Crippen LogP contribution in [0.2, 0.25) is 0 Å². The molecule has 1 aromatic carbocycles. The average Bonchev–Trinajstić information content (AvgIpc) is 3.28. The summed E-state index contributed by atoms with van der Waals surface area (Å²) in [6.07, 6.45) is 3.61. The van der Waals surface area contributed by atoms with E-state index in [0.717, 1.165) is 39.1 Å². The second-order valence-electron chi connectivity index (χ2n) is 8.60. The highest BCUT2D eigenvalue weighted by molar-refractivity contribution is 5.88. The molecule has 2 aromatic heterocycles. The van der Waals surface area contributed by atoms with Crippen molar-refractivity contribution < 1.29 is 13.7 Å². The van der Waals surface area contributed by atoms with Crippen LogP contribution < -0.4 is 10.9 Å². The summed E-state index contributed by atoms with van der Waals surface area (Å²) in [5.74, 6) is -0.489. The Labute approximate surface area is 197 Å². The average molecular weight is 471 g/mol. The van der Waals surface area contributed by atoms with Gasteiger partial charge in [0, 0.05) is 51.3 Å². The maximum Gasteiger partial charge on any atom is 0.266 e. The molecule has 1 aliphatic heterocycles. The van der Waals surface area contributed by atoms with Crippen molar-refractivity contribution in [1.29, 1.82) is 0 Å². The highest BCUT2D eigenvalue weighted by atomic mass is 19.1. The number of carbonyl (C=O) groups is 1. The fourth-order valence-electron chi connectivity index (χ4n) is 4.24. The zero-order chi connectivity index (χ0) is 23.9. The molecule has 9 nitrogen and oxygen atoms in total. The van der Waals surface area contributed by atoms with Gasteiger partial charge in [0.2, 0.25) is 5.91 Å². The van der Waals surface area contributed by atoms with E-state index in [1.807, 2.05) is 0 Å². The Kier molecular flexibility index (Phi) is 8.02. The number of hydrogen-bond donors (Lipinski definition) is 1.